The van der Waals surface area contributed by atoms with Crippen molar-refractivity contribution in [3.63, 3.8) is 0 Å². The molecular weight excluding hydrogens is 456 g/mol. The third-order valence-corrected chi connectivity index (χ3v) is 6.92. The molecule has 1 N–H and O–H groups in total. The van der Waals surface area contributed by atoms with Gasteiger partial charge in [0.1, 0.15) is 5.76 Å². The summed E-state index contributed by atoms with van der Waals surface area (Å²) in [7, 11) is 0. The molecule has 5 nitrogen and oxygen atoms in total. The van der Waals surface area contributed by atoms with Crippen LogP contribution in [0.5, 0.6) is 0 Å². The Kier molecular flexibility index (Phi) is 5.27. The number of ketones is 1. The normalized spacial score (nSPS) is 17.8. The predicted molar refractivity (Wildman–Crippen MR) is 132 cm³/mol. The number of Topliss-reactive ketones (excluding diaryl/α,β-unsaturated/α-hetero) is 1. The number of nitrogens with zero attached hydrogens (tertiary/aromatic N) is 2. The van der Waals surface area contributed by atoms with E-state index in [1.165, 1.54) is 16.2 Å². The molecule has 2 heterocycles. The molecule has 1 atom stereocenters. The van der Waals surface area contributed by atoms with Crippen LogP contribution in [0.1, 0.15) is 28.3 Å². The van der Waals surface area contributed by atoms with Crippen LogP contribution in [0, 0.1) is 13.8 Å². The first-order valence-electron chi connectivity index (χ1n) is 10.3. The molecule has 7 heteroatoms. The molecule has 1 fully saturated rings. The molecule has 0 spiro atoms. The lowest BCUT2D eigenvalue weighted by atomic mass is 9.95. The number of carbonyl (C=O) groups excluding carboxylic acids is 2. The number of carbonyl (C=O) groups is 2. The minimum absolute atomic E-state index is 0.0145. The number of fused-ring (bicyclic) bond motifs is 1. The van der Waals surface area contributed by atoms with E-state index in [9.17, 15) is 14.7 Å². The fourth-order valence-corrected chi connectivity index (χ4v) is 5.60. The van der Waals surface area contributed by atoms with E-state index in [-0.39, 0.29) is 11.3 Å². The van der Waals surface area contributed by atoms with Gasteiger partial charge in [-0.05, 0) is 48.7 Å². The van der Waals surface area contributed by atoms with E-state index in [0.717, 1.165) is 21.3 Å². The van der Waals surface area contributed by atoms with Crippen molar-refractivity contribution in [3.05, 3.63) is 99.6 Å². The van der Waals surface area contributed by atoms with Crippen LogP contribution < -0.4 is 4.90 Å². The number of aryl methyl sites for hydroxylation is 2. The van der Waals surface area contributed by atoms with Gasteiger partial charge >= 0.3 is 5.91 Å². The van der Waals surface area contributed by atoms with Crippen LogP contribution >= 0.6 is 22.9 Å². The molecule has 1 saturated heterocycles. The average Bonchev–Trinajstić information content (AvgIpc) is 3.33. The monoisotopic (exact) mass is 474 g/mol. The van der Waals surface area contributed by atoms with E-state index in [1.54, 1.807) is 48.5 Å². The first-order chi connectivity index (χ1) is 15.8. The summed E-state index contributed by atoms with van der Waals surface area (Å²) in [5, 5.41) is 12.0. The number of aromatic nitrogens is 1. The number of hydrogen-bond donors (Lipinski definition) is 1. The van der Waals surface area contributed by atoms with E-state index in [2.05, 4.69) is 0 Å². The predicted octanol–water partition coefficient (Wildman–Crippen LogP) is 6.19. The first kappa shape index (κ1) is 21.4. The standard InChI is InChI=1S/C26H19ClN2O3S/c1-14-11-15(2)21-19(12-14)33-26(28-21)29-22(17-9-6-10-18(27)13-17)20(24(31)25(29)32)23(30)16-7-4-3-5-8-16/h3-13,22,30H,1-2H3/t22-/m0/s1. The largest absolute Gasteiger partial charge is 0.507 e. The topological polar surface area (TPSA) is 70.5 Å². The third-order valence-electron chi connectivity index (χ3n) is 5.68. The summed E-state index contributed by atoms with van der Waals surface area (Å²) >= 11 is 7.60. The van der Waals surface area contributed by atoms with Gasteiger partial charge in [-0.3, -0.25) is 14.5 Å². The molecule has 33 heavy (non-hydrogen) atoms. The number of rotatable bonds is 3. The summed E-state index contributed by atoms with van der Waals surface area (Å²) < 4.78 is 0.928. The highest BCUT2D eigenvalue weighted by molar-refractivity contribution is 7.22. The molecule has 164 valence electrons. The van der Waals surface area contributed by atoms with Crippen LogP contribution in [-0.4, -0.2) is 21.8 Å². The Balaban J connectivity index is 1.76. The van der Waals surface area contributed by atoms with Crippen LogP contribution in [-0.2, 0) is 9.59 Å². The van der Waals surface area contributed by atoms with Crippen molar-refractivity contribution >= 4 is 55.7 Å². The maximum absolute atomic E-state index is 13.3. The minimum atomic E-state index is -0.856. The lowest BCUT2D eigenvalue weighted by molar-refractivity contribution is -0.132. The van der Waals surface area contributed by atoms with Crippen molar-refractivity contribution in [2.45, 2.75) is 19.9 Å². The zero-order valence-electron chi connectivity index (χ0n) is 17.9. The smallest absolute Gasteiger partial charge is 0.301 e. The molecule has 0 aliphatic carbocycles. The van der Waals surface area contributed by atoms with Crippen LogP contribution in [0.2, 0.25) is 5.02 Å². The Morgan fingerprint density at radius 2 is 1.79 bits per heavy atom. The van der Waals surface area contributed by atoms with Crippen molar-refractivity contribution in [1.82, 2.24) is 4.98 Å². The number of amides is 1. The molecule has 0 bridgehead atoms. The molecule has 0 saturated carbocycles. The molecule has 5 rings (SSSR count). The van der Waals surface area contributed by atoms with Gasteiger partial charge in [-0.15, -0.1) is 0 Å². The molecule has 3 aromatic carbocycles. The van der Waals surface area contributed by atoms with Gasteiger partial charge in [0.2, 0.25) is 0 Å². The van der Waals surface area contributed by atoms with Crippen molar-refractivity contribution in [2.24, 2.45) is 0 Å². The van der Waals surface area contributed by atoms with Gasteiger partial charge in [-0.2, -0.15) is 0 Å². The quantitative estimate of drug-likeness (QED) is 0.218. The lowest BCUT2D eigenvalue weighted by Gasteiger charge is -2.23. The zero-order chi connectivity index (χ0) is 23.3. The number of hydrogen-bond acceptors (Lipinski definition) is 5. The summed E-state index contributed by atoms with van der Waals surface area (Å²) in [4.78, 5) is 32.7. The summed E-state index contributed by atoms with van der Waals surface area (Å²) in [5.41, 5.74) is 3.96. The highest BCUT2D eigenvalue weighted by Crippen LogP contribution is 2.45. The third kappa shape index (κ3) is 3.61. The van der Waals surface area contributed by atoms with Gasteiger partial charge in [0.05, 0.1) is 21.8 Å². The molecular formula is C26H19ClN2O3S. The van der Waals surface area contributed by atoms with Gasteiger partial charge in [0.25, 0.3) is 5.78 Å². The molecule has 1 amide bonds. The number of thiazole rings is 1. The van der Waals surface area contributed by atoms with E-state index in [1.807, 2.05) is 32.0 Å². The highest BCUT2D eigenvalue weighted by atomic mass is 35.5. The number of aliphatic hydroxyl groups is 1. The molecule has 1 aliphatic heterocycles. The Labute approximate surface area is 199 Å². The molecule has 0 radical (unpaired) electrons. The van der Waals surface area contributed by atoms with Crippen LogP contribution in [0.4, 0.5) is 5.13 Å². The molecule has 1 aliphatic rings. The van der Waals surface area contributed by atoms with Gasteiger partial charge in [-0.25, -0.2) is 4.98 Å². The molecule has 0 unspecified atom stereocenters. The maximum atomic E-state index is 13.3. The Morgan fingerprint density at radius 1 is 1.03 bits per heavy atom. The van der Waals surface area contributed by atoms with Gasteiger partial charge < -0.3 is 5.11 Å². The van der Waals surface area contributed by atoms with Crippen molar-refractivity contribution in [1.29, 1.82) is 0 Å². The second-order valence-electron chi connectivity index (χ2n) is 8.02. The lowest BCUT2D eigenvalue weighted by Crippen LogP contribution is -2.29. The van der Waals surface area contributed by atoms with Gasteiger partial charge in [0, 0.05) is 10.6 Å². The van der Waals surface area contributed by atoms with Crippen molar-refractivity contribution < 1.29 is 14.7 Å². The van der Waals surface area contributed by atoms with Crippen LogP contribution in [0.3, 0.4) is 0 Å². The van der Waals surface area contributed by atoms with E-state index >= 15 is 0 Å². The number of aliphatic hydroxyl groups excluding tert-OH is 1. The van der Waals surface area contributed by atoms with Crippen LogP contribution in [0.15, 0.2) is 72.3 Å². The zero-order valence-corrected chi connectivity index (χ0v) is 19.4. The first-order valence-corrected chi connectivity index (χ1v) is 11.5. The van der Waals surface area contributed by atoms with E-state index < -0.39 is 17.7 Å². The van der Waals surface area contributed by atoms with Crippen LogP contribution in [0.25, 0.3) is 16.0 Å². The Bertz CT molecular complexity index is 1460. The SMILES string of the molecule is Cc1cc(C)c2nc(N3C(=O)C(=O)C(=C(O)c4ccccc4)[C@@H]3c3cccc(Cl)c3)sc2c1. The number of anilines is 1. The fourth-order valence-electron chi connectivity index (χ4n) is 4.24. The Hall–Kier alpha value is -3.48. The average molecular weight is 475 g/mol. The second kappa shape index (κ2) is 8.14. The van der Waals surface area contributed by atoms with Gasteiger partial charge in [-0.1, -0.05) is 71.5 Å². The summed E-state index contributed by atoms with van der Waals surface area (Å²) in [5.74, 6) is -1.71. The van der Waals surface area contributed by atoms with E-state index in [4.69, 9.17) is 16.6 Å². The van der Waals surface area contributed by atoms with Crippen molar-refractivity contribution in [2.75, 3.05) is 4.90 Å². The van der Waals surface area contributed by atoms with E-state index in [0.29, 0.717) is 21.3 Å². The Morgan fingerprint density at radius 3 is 2.52 bits per heavy atom. The highest BCUT2D eigenvalue weighted by Gasteiger charge is 2.48. The maximum Gasteiger partial charge on any atom is 0.301 e. The summed E-state index contributed by atoms with van der Waals surface area (Å²) in [6.07, 6.45) is 0. The number of halogens is 1. The summed E-state index contributed by atoms with van der Waals surface area (Å²) in [6.45, 7) is 3.97. The minimum Gasteiger partial charge on any atom is -0.507 e. The van der Waals surface area contributed by atoms with Crippen molar-refractivity contribution in [3.8, 4) is 0 Å². The molecule has 4 aromatic rings. The summed E-state index contributed by atoms with van der Waals surface area (Å²) in [6, 6.07) is 18.9. The molecule has 1 aromatic heterocycles. The second-order valence-corrected chi connectivity index (χ2v) is 9.46. The van der Waals surface area contributed by atoms with Gasteiger partial charge in [0.15, 0.2) is 5.13 Å². The number of benzene rings is 3. The fraction of sp³-hybridized carbons (Fsp3) is 0.115.